The molecule has 0 fully saturated rings. The Morgan fingerprint density at radius 1 is 1.71 bits per heavy atom. The van der Waals surface area contributed by atoms with E-state index in [1.54, 1.807) is 0 Å². The van der Waals surface area contributed by atoms with E-state index in [1.807, 2.05) is 13.0 Å². The SMILES string of the molecule is C=IC1=C(C(=O)O)CCC([C@H](C)N)=C1. The average Bonchev–Trinajstić information content (AvgIpc) is 2.16. The Labute approximate surface area is 93.4 Å². The third kappa shape index (κ3) is 2.51. The Hall–Kier alpha value is -0.490. The first-order chi connectivity index (χ1) is 6.56. The van der Waals surface area contributed by atoms with E-state index in [0.29, 0.717) is 12.0 Å². The van der Waals surface area contributed by atoms with E-state index in [4.69, 9.17) is 10.8 Å². The summed E-state index contributed by atoms with van der Waals surface area (Å²) >= 11 is -0.423. The Morgan fingerprint density at radius 2 is 2.36 bits per heavy atom. The number of carboxylic acid groups (broad SMARTS) is 1. The van der Waals surface area contributed by atoms with Crippen molar-refractivity contribution < 1.29 is 9.90 Å². The van der Waals surface area contributed by atoms with Gasteiger partial charge in [-0.1, -0.05) is 30.8 Å². The van der Waals surface area contributed by atoms with Crippen molar-refractivity contribution in [2.75, 3.05) is 0 Å². The van der Waals surface area contributed by atoms with Gasteiger partial charge in [-0.3, -0.25) is 0 Å². The molecule has 0 spiro atoms. The van der Waals surface area contributed by atoms with E-state index in [9.17, 15) is 4.79 Å². The number of carbonyl (C=O) groups is 1. The Bertz CT molecular complexity index is 329. The van der Waals surface area contributed by atoms with Crippen molar-refractivity contribution in [3.05, 3.63) is 20.8 Å². The minimum Gasteiger partial charge on any atom is -0.478 e. The van der Waals surface area contributed by atoms with E-state index in [1.165, 1.54) is 0 Å². The van der Waals surface area contributed by atoms with Crippen molar-refractivity contribution in [3.63, 3.8) is 0 Å². The van der Waals surface area contributed by atoms with Crippen molar-refractivity contribution in [1.82, 2.24) is 0 Å². The lowest BCUT2D eigenvalue weighted by atomic mass is 9.95. The van der Waals surface area contributed by atoms with Crippen LogP contribution in [-0.4, -0.2) is 21.6 Å². The molecule has 0 saturated heterocycles. The molecule has 0 heterocycles. The summed E-state index contributed by atoms with van der Waals surface area (Å²) in [4.78, 5) is 10.9. The van der Waals surface area contributed by atoms with Crippen LogP contribution in [0.3, 0.4) is 0 Å². The molecule has 0 aromatic carbocycles. The molecular formula is C10H14INO2. The number of aliphatic carboxylic acids is 1. The summed E-state index contributed by atoms with van der Waals surface area (Å²) < 4.78 is 4.76. The molecule has 1 rings (SSSR count). The van der Waals surface area contributed by atoms with Crippen LogP contribution in [0.4, 0.5) is 0 Å². The van der Waals surface area contributed by atoms with E-state index in [-0.39, 0.29) is 6.04 Å². The first-order valence-electron chi connectivity index (χ1n) is 4.37. The molecule has 0 amide bonds. The summed E-state index contributed by atoms with van der Waals surface area (Å²) in [5.41, 5.74) is 7.44. The Morgan fingerprint density at radius 3 is 2.79 bits per heavy atom. The van der Waals surface area contributed by atoms with Crippen LogP contribution in [0.1, 0.15) is 19.8 Å². The highest BCUT2D eigenvalue weighted by atomic mass is 127. The Balaban J connectivity index is 3.06. The molecule has 1 atom stereocenters. The van der Waals surface area contributed by atoms with Gasteiger partial charge in [0.05, 0.1) is 5.57 Å². The second-order valence-corrected chi connectivity index (χ2v) is 5.20. The first kappa shape index (κ1) is 11.6. The van der Waals surface area contributed by atoms with Gasteiger partial charge in [-0.25, -0.2) is 4.79 Å². The zero-order valence-corrected chi connectivity index (χ0v) is 10.2. The fourth-order valence-corrected chi connectivity index (χ4v) is 2.98. The van der Waals surface area contributed by atoms with Gasteiger partial charge in [0.1, 0.15) is 0 Å². The maximum absolute atomic E-state index is 10.9. The minimum atomic E-state index is -0.802. The van der Waals surface area contributed by atoms with Gasteiger partial charge in [-0.2, -0.15) is 0 Å². The fourth-order valence-electron chi connectivity index (χ4n) is 1.40. The lowest BCUT2D eigenvalue weighted by molar-refractivity contribution is -0.132. The van der Waals surface area contributed by atoms with Crippen LogP contribution in [0, 0.1) is 0 Å². The molecule has 0 aromatic heterocycles. The third-order valence-electron chi connectivity index (χ3n) is 2.25. The van der Waals surface area contributed by atoms with Crippen molar-refractivity contribution >= 4 is 31.2 Å². The number of carboxylic acids is 1. The molecule has 1 aliphatic rings. The van der Waals surface area contributed by atoms with Crippen molar-refractivity contribution in [1.29, 1.82) is 0 Å². The van der Waals surface area contributed by atoms with Gasteiger partial charge in [0.2, 0.25) is 0 Å². The van der Waals surface area contributed by atoms with Crippen LogP contribution in [0.25, 0.3) is 0 Å². The normalized spacial score (nSPS) is 19.1. The van der Waals surface area contributed by atoms with E-state index in [0.717, 1.165) is 15.6 Å². The molecule has 0 radical (unpaired) electrons. The molecule has 3 N–H and O–H groups in total. The average molecular weight is 307 g/mol. The maximum atomic E-state index is 10.9. The number of halogens is 1. The first-order valence-corrected chi connectivity index (χ1v) is 6.97. The third-order valence-corrected chi connectivity index (χ3v) is 4.04. The number of nitrogens with two attached hydrogens (primary N) is 1. The lowest BCUT2D eigenvalue weighted by Crippen LogP contribution is -2.20. The predicted octanol–water partition coefficient (Wildman–Crippen LogP) is 1.80. The van der Waals surface area contributed by atoms with E-state index < -0.39 is 26.7 Å². The van der Waals surface area contributed by atoms with Crippen LogP contribution in [-0.2, 0) is 4.79 Å². The second-order valence-electron chi connectivity index (χ2n) is 3.27. The standard InChI is InChI=1S/C10H14INO2/c1-6(12)7-3-4-8(10(13)14)9(5-7)11-2/h5-6H,2-4,12H2,1H3,(H,13,14)/t6-/m0/s1. The molecule has 14 heavy (non-hydrogen) atoms. The van der Waals surface area contributed by atoms with Gasteiger partial charge in [0.15, 0.2) is 0 Å². The highest BCUT2D eigenvalue weighted by Crippen LogP contribution is 2.31. The number of rotatable bonds is 3. The molecule has 0 aromatic rings. The van der Waals surface area contributed by atoms with E-state index in [2.05, 4.69) is 4.51 Å². The predicted molar refractivity (Wildman–Crippen MR) is 66.8 cm³/mol. The highest BCUT2D eigenvalue weighted by molar-refractivity contribution is 14.2. The van der Waals surface area contributed by atoms with Crippen molar-refractivity contribution in [2.24, 2.45) is 5.73 Å². The van der Waals surface area contributed by atoms with Crippen molar-refractivity contribution in [3.8, 4) is 0 Å². The summed E-state index contributed by atoms with van der Waals surface area (Å²) in [5, 5.41) is 8.94. The molecule has 1 aliphatic carbocycles. The molecule has 0 aliphatic heterocycles. The minimum absolute atomic E-state index is 0.0240. The maximum Gasteiger partial charge on any atom is 0.332 e. The van der Waals surface area contributed by atoms with Gasteiger partial charge in [0, 0.05) is 9.62 Å². The fraction of sp³-hybridized carbons (Fsp3) is 0.400. The number of hydrogen-bond donors (Lipinski definition) is 2. The molecule has 3 nitrogen and oxygen atoms in total. The Kier molecular flexibility index (Phi) is 4.00. The summed E-state index contributed by atoms with van der Waals surface area (Å²) in [5.74, 6) is -0.802. The van der Waals surface area contributed by atoms with Crippen LogP contribution in [0.15, 0.2) is 20.8 Å². The zero-order valence-electron chi connectivity index (χ0n) is 8.09. The number of allylic oxidation sites excluding steroid dienone is 2. The summed E-state index contributed by atoms with van der Waals surface area (Å²) in [6.07, 6.45) is 3.32. The second kappa shape index (κ2) is 4.84. The molecular weight excluding hydrogens is 293 g/mol. The van der Waals surface area contributed by atoms with E-state index >= 15 is 0 Å². The molecule has 0 unspecified atom stereocenters. The molecule has 78 valence electrons. The highest BCUT2D eigenvalue weighted by Gasteiger charge is 2.18. The molecule has 0 bridgehead atoms. The summed E-state index contributed by atoms with van der Waals surface area (Å²) in [6.45, 7) is 1.93. The molecule has 4 heteroatoms. The quantitative estimate of drug-likeness (QED) is 0.782. The zero-order chi connectivity index (χ0) is 10.7. The van der Waals surface area contributed by atoms with Gasteiger partial charge < -0.3 is 10.8 Å². The van der Waals surface area contributed by atoms with Crippen LogP contribution >= 0.6 is 20.7 Å². The lowest BCUT2D eigenvalue weighted by Gasteiger charge is -2.18. The summed E-state index contributed by atoms with van der Waals surface area (Å²) in [6, 6.07) is 0.0240. The molecule has 0 saturated carbocycles. The largest absolute Gasteiger partial charge is 0.478 e. The summed E-state index contributed by atoms with van der Waals surface area (Å²) in [7, 11) is 0. The van der Waals surface area contributed by atoms with Crippen LogP contribution in [0.2, 0.25) is 0 Å². The van der Waals surface area contributed by atoms with Crippen LogP contribution < -0.4 is 5.73 Å². The van der Waals surface area contributed by atoms with Crippen molar-refractivity contribution in [2.45, 2.75) is 25.8 Å². The van der Waals surface area contributed by atoms with Crippen LogP contribution in [0.5, 0.6) is 0 Å². The topological polar surface area (TPSA) is 63.3 Å². The van der Waals surface area contributed by atoms with Gasteiger partial charge >= 0.3 is 5.97 Å². The van der Waals surface area contributed by atoms with Gasteiger partial charge in [-0.15, -0.1) is 0 Å². The monoisotopic (exact) mass is 307 g/mol. The smallest absolute Gasteiger partial charge is 0.332 e. The number of hydrogen-bond acceptors (Lipinski definition) is 2. The van der Waals surface area contributed by atoms with Gasteiger partial charge in [0.25, 0.3) is 0 Å². The van der Waals surface area contributed by atoms with Gasteiger partial charge in [-0.05, 0) is 25.8 Å².